The minimum absolute atomic E-state index is 0.191. The lowest BCUT2D eigenvalue weighted by atomic mass is 9.99. The van der Waals surface area contributed by atoms with Gasteiger partial charge in [-0.1, -0.05) is 6.07 Å². The summed E-state index contributed by atoms with van der Waals surface area (Å²) >= 11 is 0. The minimum Gasteiger partial charge on any atom is -0.496 e. The van der Waals surface area contributed by atoms with Crippen molar-refractivity contribution in [3.63, 3.8) is 0 Å². The van der Waals surface area contributed by atoms with Crippen molar-refractivity contribution in [2.45, 2.75) is 13.5 Å². The second-order valence-electron chi connectivity index (χ2n) is 7.67. The number of nitrogens with zero attached hydrogens (tertiary/aromatic N) is 1. The summed E-state index contributed by atoms with van der Waals surface area (Å²) in [6.07, 6.45) is 6.67. The summed E-state index contributed by atoms with van der Waals surface area (Å²) in [7, 11) is 4.80. The molecule has 0 radical (unpaired) electrons. The van der Waals surface area contributed by atoms with Crippen LogP contribution >= 0.6 is 0 Å². The summed E-state index contributed by atoms with van der Waals surface area (Å²) in [5, 5.41) is 3.80. The molecule has 1 amide bonds. The summed E-state index contributed by atoms with van der Waals surface area (Å²) in [6.45, 7) is 2.30. The number of benzene rings is 2. The zero-order valence-corrected chi connectivity index (χ0v) is 19.5. The van der Waals surface area contributed by atoms with Gasteiger partial charge in [0.1, 0.15) is 11.3 Å². The molecule has 34 heavy (non-hydrogen) atoms. The molecule has 0 aliphatic rings. The fourth-order valence-electron chi connectivity index (χ4n) is 3.77. The van der Waals surface area contributed by atoms with E-state index in [2.05, 4.69) is 10.3 Å². The maximum Gasteiger partial charge on any atom is 0.244 e. The van der Waals surface area contributed by atoms with Gasteiger partial charge in [-0.25, -0.2) is 0 Å². The van der Waals surface area contributed by atoms with Crippen LogP contribution in [-0.4, -0.2) is 32.2 Å². The van der Waals surface area contributed by atoms with Crippen LogP contribution in [0.5, 0.6) is 17.2 Å². The van der Waals surface area contributed by atoms with E-state index in [1.807, 2.05) is 49.4 Å². The van der Waals surface area contributed by atoms with E-state index in [9.17, 15) is 4.79 Å². The molecule has 0 fully saturated rings. The van der Waals surface area contributed by atoms with Gasteiger partial charge in [-0.2, -0.15) is 0 Å². The van der Waals surface area contributed by atoms with Crippen LogP contribution in [0.15, 0.2) is 71.6 Å². The van der Waals surface area contributed by atoms with Gasteiger partial charge in [0.25, 0.3) is 0 Å². The molecule has 0 atom stereocenters. The number of carbonyl (C=O) groups excluding carboxylic acids is 1. The maximum atomic E-state index is 12.5. The first kappa shape index (κ1) is 22.9. The fraction of sp³-hybridized carbons (Fsp3) is 0.185. The number of hydrogen-bond acceptors (Lipinski definition) is 6. The summed E-state index contributed by atoms with van der Waals surface area (Å²) in [6, 6.07) is 13.3. The van der Waals surface area contributed by atoms with E-state index in [0.29, 0.717) is 29.4 Å². The standard InChI is InChI=1S/C27H26N2O5/c1-17(11-27(30)29-15-18-7-9-28-10-8-18)20-13-21-22(16-34-25(21)14-24(20)32-3)19-5-6-23(31-2)26(12-19)33-4/h5-14,16H,15H2,1-4H3,(H,29,30)/b17-11+. The fourth-order valence-corrected chi connectivity index (χ4v) is 3.77. The highest BCUT2D eigenvalue weighted by atomic mass is 16.5. The predicted molar refractivity (Wildman–Crippen MR) is 131 cm³/mol. The van der Waals surface area contributed by atoms with Crippen molar-refractivity contribution in [3.8, 4) is 28.4 Å². The summed E-state index contributed by atoms with van der Waals surface area (Å²) < 4.78 is 22.2. The molecule has 2 aromatic heterocycles. The van der Waals surface area contributed by atoms with E-state index in [1.165, 1.54) is 0 Å². The van der Waals surface area contributed by atoms with Crippen LogP contribution in [0.1, 0.15) is 18.1 Å². The number of fused-ring (bicyclic) bond motifs is 1. The number of methoxy groups -OCH3 is 3. The van der Waals surface area contributed by atoms with Crippen LogP contribution in [0, 0.1) is 0 Å². The first-order valence-corrected chi connectivity index (χ1v) is 10.7. The molecule has 0 saturated heterocycles. The van der Waals surface area contributed by atoms with Crippen LogP contribution < -0.4 is 19.5 Å². The Hall–Kier alpha value is -4.26. The molecule has 4 rings (SSSR count). The number of amides is 1. The van der Waals surface area contributed by atoms with Gasteiger partial charge >= 0.3 is 0 Å². The third-order valence-electron chi connectivity index (χ3n) is 5.58. The number of nitrogens with one attached hydrogen (secondary N) is 1. The SMILES string of the molecule is COc1ccc(-c2coc3cc(OC)c(/C(C)=C/C(=O)NCc4ccncc4)cc23)cc1OC. The van der Waals surface area contributed by atoms with Gasteiger partial charge in [-0.3, -0.25) is 9.78 Å². The third-order valence-corrected chi connectivity index (χ3v) is 5.58. The van der Waals surface area contributed by atoms with Gasteiger partial charge in [0, 0.05) is 47.6 Å². The molecule has 0 saturated carbocycles. The molecule has 174 valence electrons. The van der Waals surface area contributed by atoms with E-state index in [1.54, 1.807) is 46.1 Å². The van der Waals surface area contributed by atoms with E-state index in [4.69, 9.17) is 18.6 Å². The van der Waals surface area contributed by atoms with Gasteiger partial charge in [-0.15, -0.1) is 0 Å². The average molecular weight is 459 g/mol. The van der Waals surface area contributed by atoms with E-state index in [-0.39, 0.29) is 5.91 Å². The second kappa shape index (κ2) is 10.1. The molecular weight excluding hydrogens is 432 g/mol. The average Bonchev–Trinajstić information content (AvgIpc) is 3.29. The lowest BCUT2D eigenvalue weighted by Gasteiger charge is -2.11. The number of rotatable bonds is 8. The number of carbonyl (C=O) groups is 1. The first-order valence-electron chi connectivity index (χ1n) is 10.7. The zero-order chi connectivity index (χ0) is 24.1. The lowest BCUT2D eigenvalue weighted by Crippen LogP contribution is -2.20. The molecule has 1 N–H and O–H groups in total. The highest BCUT2D eigenvalue weighted by molar-refractivity contribution is 6.00. The molecule has 0 aliphatic heterocycles. The third kappa shape index (κ3) is 4.73. The monoisotopic (exact) mass is 458 g/mol. The molecule has 7 heteroatoms. The number of furan rings is 1. The zero-order valence-electron chi connectivity index (χ0n) is 19.5. The van der Waals surface area contributed by atoms with Gasteiger partial charge in [0.15, 0.2) is 11.5 Å². The topological polar surface area (TPSA) is 82.8 Å². The Labute approximate surface area is 198 Å². The molecule has 0 aliphatic carbocycles. The van der Waals surface area contributed by atoms with Crippen molar-refractivity contribution >= 4 is 22.4 Å². The Balaban J connectivity index is 1.67. The van der Waals surface area contributed by atoms with Gasteiger partial charge in [0.05, 0.1) is 27.6 Å². The number of hydrogen-bond donors (Lipinski definition) is 1. The van der Waals surface area contributed by atoms with Crippen molar-refractivity contribution in [1.82, 2.24) is 10.3 Å². The molecule has 0 unspecified atom stereocenters. The number of aromatic nitrogens is 1. The lowest BCUT2D eigenvalue weighted by molar-refractivity contribution is -0.116. The van der Waals surface area contributed by atoms with Crippen molar-refractivity contribution < 1.29 is 23.4 Å². The van der Waals surface area contributed by atoms with Crippen molar-refractivity contribution in [1.29, 1.82) is 0 Å². The van der Waals surface area contributed by atoms with Gasteiger partial charge < -0.3 is 23.9 Å². The molecule has 2 heterocycles. The van der Waals surface area contributed by atoms with E-state index in [0.717, 1.165) is 33.2 Å². The van der Waals surface area contributed by atoms with E-state index < -0.39 is 0 Å². The number of ether oxygens (including phenoxy) is 3. The van der Waals surface area contributed by atoms with Crippen molar-refractivity contribution in [2.24, 2.45) is 0 Å². The van der Waals surface area contributed by atoms with Crippen molar-refractivity contribution in [3.05, 3.63) is 78.3 Å². The Morgan fingerprint density at radius 2 is 1.71 bits per heavy atom. The summed E-state index contributed by atoms with van der Waals surface area (Å²) in [5.74, 6) is 1.71. The summed E-state index contributed by atoms with van der Waals surface area (Å²) in [5.41, 5.74) is 5.05. The molecule has 0 spiro atoms. The highest BCUT2D eigenvalue weighted by Gasteiger charge is 2.16. The first-order chi connectivity index (χ1) is 16.5. The Morgan fingerprint density at radius 1 is 0.971 bits per heavy atom. The molecule has 4 aromatic rings. The Kier molecular flexibility index (Phi) is 6.82. The van der Waals surface area contributed by atoms with Crippen LogP contribution in [0.3, 0.4) is 0 Å². The van der Waals surface area contributed by atoms with Crippen LogP contribution in [-0.2, 0) is 11.3 Å². The van der Waals surface area contributed by atoms with Crippen LogP contribution in [0.2, 0.25) is 0 Å². The quantitative estimate of drug-likeness (QED) is 0.364. The van der Waals surface area contributed by atoms with Crippen molar-refractivity contribution in [2.75, 3.05) is 21.3 Å². The van der Waals surface area contributed by atoms with Gasteiger partial charge in [-0.05, 0) is 54.0 Å². The highest BCUT2D eigenvalue weighted by Crippen LogP contribution is 2.39. The second-order valence-corrected chi connectivity index (χ2v) is 7.67. The number of allylic oxidation sites excluding steroid dienone is 1. The summed E-state index contributed by atoms with van der Waals surface area (Å²) in [4.78, 5) is 16.5. The predicted octanol–water partition coefficient (Wildman–Crippen LogP) is 5.24. The smallest absolute Gasteiger partial charge is 0.244 e. The molecular formula is C27H26N2O5. The minimum atomic E-state index is -0.191. The number of pyridine rings is 1. The normalized spacial score (nSPS) is 11.4. The maximum absolute atomic E-state index is 12.5. The Morgan fingerprint density at radius 3 is 2.41 bits per heavy atom. The largest absolute Gasteiger partial charge is 0.496 e. The van der Waals surface area contributed by atoms with Crippen LogP contribution in [0.4, 0.5) is 0 Å². The molecule has 0 bridgehead atoms. The molecule has 2 aromatic carbocycles. The molecule has 7 nitrogen and oxygen atoms in total. The Bertz CT molecular complexity index is 1340. The van der Waals surface area contributed by atoms with E-state index >= 15 is 0 Å². The van der Waals surface area contributed by atoms with Gasteiger partial charge in [0.2, 0.25) is 5.91 Å². The van der Waals surface area contributed by atoms with Crippen LogP contribution in [0.25, 0.3) is 27.7 Å².